The number of piperidine rings is 1. The fourth-order valence-corrected chi connectivity index (χ4v) is 3.97. The molecule has 0 amide bonds. The van der Waals surface area contributed by atoms with E-state index in [1.807, 2.05) is 0 Å². The van der Waals surface area contributed by atoms with Crippen molar-refractivity contribution in [2.45, 2.75) is 26.2 Å². The van der Waals surface area contributed by atoms with Crippen LogP contribution in [0.25, 0.3) is 0 Å². The van der Waals surface area contributed by atoms with E-state index in [0.717, 1.165) is 39.0 Å². The van der Waals surface area contributed by atoms with Crippen LogP contribution in [0, 0.1) is 5.41 Å². The smallest absolute Gasteiger partial charge is 0.213 e. The summed E-state index contributed by atoms with van der Waals surface area (Å²) in [6.07, 6.45) is 3.32. The third kappa shape index (κ3) is 2.70. The lowest BCUT2D eigenvalue weighted by Crippen LogP contribution is -2.47. The Kier molecular flexibility index (Phi) is 4.63. The first-order valence-electron chi connectivity index (χ1n) is 5.77. The van der Waals surface area contributed by atoms with Gasteiger partial charge in [0.05, 0.1) is 5.75 Å². The van der Waals surface area contributed by atoms with Crippen LogP contribution in [-0.4, -0.2) is 44.7 Å². The molecule has 2 aliphatic rings. The lowest BCUT2D eigenvalue weighted by Gasteiger charge is -2.39. The van der Waals surface area contributed by atoms with Crippen molar-refractivity contribution in [3.05, 3.63) is 0 Å². The van der Waals surface area contributed by atoms with Crippen LogP contribution in [0.15, 0.2) is 0 Å². The molecule has 4 nitrogen and oxygen atoms in total. The Hall–Kier alpha value is 0.160. The van der Waals surface area contributed by atoms with E-state index < -0.39 is 10.0 Å². The predicted octanol–water partition coefficient (Wildman–Crippen LogP) is 0.833. The molecule has 0 aromatic heterocycles. The second-order valence-electron chi connectivity index (χ2n) is 4.76. The summed E-state index contributed by atoms with van der Waals surface area (Å²) >= 11 is 0. The second-order valence-corrected chi connectivity index (χ2v) is 7.02. The summed E-state index contributed by atoms with van der Waals surface area (Å²) < 4.78 is 25.3. The van der Waals surface area contributed by atoms with Gasteiger partial charge in [0, 0.05) is 19.6 Å². The Bertz CT molecular complexity index is 326. The molecule has 2 heterocycles. The van der Waals surface area contributed by atoms with Gasteiger partial charge in [-0.15, -0.1) is 12.4 Å². The van der Waals surface area contributed by atoms with Crippen molar-refractivity contribution in [1.29, 1.82) is 0 Å². The summed E-state index contributed by atoms with van der Waals surface area (Å²) in [7, 11) is -2.98. The molecule has 0 saturated carbocycles. The molecular weight excluding hydrogens is 248 g/mol. The maximum absolute atomic E-state index is 11.8. The quantitative estimate of drug-likeness (QED) is 0.807. The van der Waals surface area contributed by atoms with Crippen LogP contribution in [-0.2, 0) is 10.0 Å². The molecule has 2 aliphatic heterocycles. The molecule has 1 spiro atoms. The van der Waals surface area contributed by atoms with Gasteiger partial charge in [-0.1, -0.05) is 0 Å². The Morgan fingerprint density at radius 3 is 2.69 bits per heavy atom. The second kappa shape index (κ2) is 5.21. The summed E-state index contributed by atoms with van der Waals surface area (Å²) in [5, 5.41) is 3.35. The first-order chi connectivity index (χ1) is 7.08. The summed E-state index contributed by atoms with van der Waals surface area (Å²) in [4.78, 5) is 0. The summed E-state index contributed by atoms with van der Waals surface area (Å²) in [5.74, 6) is 0.233. The Morgan fingerprint density at radius 1 is 1.38 bits per heavy atom. The first-order valence-corrected chi connectivity index (χ1v) is 7.37. The summed E-state index contributed by atoms with van der Waals surface area (Å²) in [5.41, 5.74) is 0.237. The monoisotopic (exact) mass is 268 g/mol. The Labute approximate surface area is 104 Å². The van der Waals surface area contributed by atoms with Crippen molar-refractivity contribution in [2.24, 2.45) is 5.41 Å². The fourth-order valence-electron chi connectivity index (χ4n) is 2.73. The molecule has 16 heavy (non-hydrogen) atoms. The van der Waals surface area contributed by atoms with E-state index in [0.29, 0.717) is 0 Å². The summed E-state index contributed by atoms with van der Waals surface area (Å²) in [6, 6.07) is 0. The molecule has 1 atom stereocenters. The van der Waals surface area contributed by atoms with Crippen molar-refractivity contribution in [3.8, 4) is 0 Å². The van der Waals surface area contributed by atoms with Crippen molar-refractivity contribution >= 4 is 22.4 Å². The van der Waals surface area contributed by atoms with Crippen molar-refractivity contribution < 1.29 is 8.42 Å². The number of rotatable bonds is 2. The van der Waals surface area contributed by atoms with E-state index in [9.17, 15) is 8.42 Å². The van der Waals surface area contributed by atoms with Crippen LogP contribution in [0.2, 0.25) is 0 Å². The van der Waals surface area contributed by atoms with Crippen LogP contribution >= 0.6 is 12.4 Å². The molecule has 0 aromatic rings. The van der Waals surface area contributed by atoms with Gasteiger partial charge in [0.15, 0.2) is 0 Å². The number of sulfonamides is 1. The average molecular weight is 269 g/mol. The number of hydrogen-bond donors (Lipinski definition) is 1. The average Bonchev–Trinajstić information content (AvgIpc) is 2.66. The Morgan fingerprint density at radius 2 is 2.12 bits per heavy atom. The van der Waals surface area contributed by atoms with Crippen LogP contribution < -0.4 is 5.32 Å². The molecule has 2 rings (SSSR count). The molecular formula is C10H21ClN2O2S. The van der Waals surface area contributed by atoms with Crippen LogP contribution in [0.3, 0.4) is 0 Å². The SMILES string of the molecule is CCS(=O)(=O)N1CCCC2(CCNC2)C1.Cl. The zero-order valence-electron chi connectivity index (χ0n) is 9.74. The molecule has 0 aliphatic carbocycles. The zero-order valence-corrected chi connectivity index (χ0v) is 11.4. The van der Waals surface area contributed by atoms with Crippen molar-refractivity contribution in [1.82, 2.24) is 9.62 Å². The highest BCUT2D eigenvalue weighted by atomic mass is 35.5. The largest absolute Gasteiger partial charge is 0.316 e. The minimum atomic E-state index is -2.98. The molecule has 0 aromatic carbocycles. The van der Waals surface area contributed by atoms with E-state index in [1.165, 1.54) is 6.42 Å². The van der Waals surface area contributed by atoms with Gasteiger partial charge in [-0.2, -0.15) is 0 Å². The zero-order chi connectivity index (χ0) is 10.9. The third-order valence-corrected chi connectivity index (χ3v) is 5.54. The normalized spacial score (nSPS) is 31.6. The maximum atomic E-state index is 11.8. The minimum Gasteiger partial charge on any atom is -0.316 e. The molecule has 96 valence electrons. The molecule has 2 fully saturated rings. The number of nitrogens with zero attached hydrogens (tertiary/aromatic N) is 1. The van der Waals surface area contributed by atoms with Crippen LogP contribution in [0.5, 0.6) is 0 Å². The number of halogens is 1. The predicted molar refractivity (Wildman–Crippen MR) is 67.4 cm³/mol. The van der Waals surface area contributed by atoms with Gasteiger partial charge in [0.25, 0.3) is 0 Å². The van der Waals surface area contributed by atoms with Gasteiger partial charge in [-0.3, -0.25) is 0 Å². The first kappa shape index (κ1) is 14.2. The van der Waals surface area contributed by atoms with Gasteiger partial charge in [-0.05, 0) is 38.1 Å². The van der Waals surface area contributed by atoms with E-state index in [4.69, 9.17) is 0 Å². The third-order valence-electron chi connectivity index (χ3n) is 3.72. The molecule has 1 N–H and O–H groups in total. The van der Waals surface area contributed by atoms with Crippen molar-refractivity contribution in [2.75, 3.05) is 31.9 Å². The minimum absolute atomic E-state index is 0. The van der Waals surface area contributed by atoms with Gasteiger partial charge in [-0.25, -0.2) is 12.7 Å². The number of nitrogens with one attached hydrogen (secondary N) is 1. The van der Waals surface area contributed by atoms with Crippen molar-refractivity contribution in [3.63, 3.8) is 0 Å². The highest BCUT2D eigenvalue weighted by Crippen LogP contribution is 2.36. The lowest BCUT2D eigenvalue weighted by molar-refractivity contribution is 0.167. The fraction of sp³-hybridized carbons (Fsp3) is 1.00. The molecule has 1 unspecified atom stereocenters. The van der Waals surface area contributed by atoms with Crippen LogP contribution in [0.1, 0.15) is 26.2 Å². The van der Waals surface area contributed by atoms with E-state index in [2.05, 4.69) is 5.32 Å². The maximum Gasteiger partial charge on any atom is 0.213 e. The lowest BCUT2D eigenvalue weighted by atomic mass is 9.80. The highest BCUT2D eigenvalue weighted by Gasteiger charge is 2.40. The Balaban J connectivity index is 0.00000128. The van der Waals surface area contributed by atoms with Gasteiger partial charge in [0.2, 0.25) is 10.0 Å². The highest BCUT2D eigenvalue weighted by molar-refractivity contribution is 7.89. The van der Waals surface area contributed by atoms with Gasteiger partial charge in [0.1, 0.15) is 0 Å². The molecule has 2 saturated heterocycles. The standard InChI is InChI=1S/C10H20N2O2S.ClH/c1-2-15(13,14)12-7-3-4-10(9-12)5-6-11-8-10;/h11H,2-9H2,1H3;1H. The molecule has 0 radical (unpaired) electrons. The number of hydrogen-bond acceptors (Lipinski definition) is 3. The van der Waals surface area contributed by atoms with E-state index in [1.54, 1.807) is 11.2 Å². The van der Waals surface area contributed by atoms with Crippen LogP contribution in [0.4, 0.5) is 0 Å². The molecule has 0 bridgehead atoms. The van der Waals surface area contributed by atoms with E-state index >= 15 is 0 Å². The van der Waals surface area contributed by atoms with Gasteiger partial charge >= 0.3 is 0 Å². The summed E-state index contributed by atoms with van der Waals surface area (Å²) in [6.45, 7) is 5.21. The van der Waals surface area contributed by atoms with E-state index in [-0.39, 0.29) is 23.6 Å². The molecule has 6 heteroatoms. The topological polar surface area (TPSA) is 49.4 Å². The van der Waals surface area contributed by atoms with Gasteiger partial charge < -0.3 is 5.32 Å².